The van der Waals surface area contributed by atoms with E-state index in [1.807, 2.05) is 6.07 Å². The molecule has 0 N–H and O–H groups in total. The van der Waals surface area contributed by atoms with Crippen molar-refractivity contribution in [1.82, 2.24) is 0 Å². The average molecular weight is 783 g/mol. The van der Waals surface area contributed by atoms with Gasteiger partial charge in [0.05, 0.1) is 43.1 Å². The molecule has 1 aliphatic rings. The molecule has 304 valence electrons. The van der Waals surface area contributed by atoms with E-state index in [1.165, 1.54) is 0 Å². The van der Waals surface area contributed by atoms with E-state index in [2.05, 4.69) is 20.1 Å². The zero-order chi connectivity index (χ0) is 40.9. The van der Waals surface area contributed by atoms with Crippen LogP contribution in [0.1, 0.15) is 121 Å². The van der Waals surface area contributed by atoms with E-state index in [9.17, 15) is 24.0 Å². The number of unbranched alkanes of at least 4 members (excludes halogenated alkanes) is 6. The molecule has 3 aromatic rings. The lowest BCUT2D eigenvalue weighted by molar-refractivity contribution is -0.138. The molecule has 0 bridgehead atoms. The highest BCUT2D eigenvalue weighted by atomic mass is 16.5. The number of aldehydes is 1. The Balaban J connectivity index is 1.16. The van der Waals surface area contributed by atoms with Crippen molar-refractivity contribution >= 4 is 30.2 Å². The molecule has 3 aromatic carbocycles. The van der Waals surface area contributed by atoms with Crippen molar-refractivity contribution in [1.29, 1.82) is 0 Å². The molecule has 11 heteroatoms. The monoisotopic (exact) mass is 782 g/mol. The van der Waals surface area contributed by atoms with Crippen LogP contribution in [0.2, 0.25) is 0 Å². The van der Waals surface area contributed by atoms with Crippen LogP contribution >= 0.6 is 0 Å². The van der Waals surface area contributed by atoms with Crippen LogP contribution in [0.15, 0.2) is 92.0 Å². The zero-order valence-corrected chi connectivity index (χ0v) is 32.9. The molecule has 0 aromatic heterocycles. The van der Waals surface area contributed by atoms with Crippen LogP contribution in [0.25, 0.3) is 0 Å². The van der Waals surface area contributed by atoms with Crippen LogP contribution in [-0.4, -0.2) is 62.7 Å². The Bertz CT molecular complexity index is 1790. The van der Waals surface area contributed by atoms with Crippen LogP contribution in [0.4, 0.5) is 0 Å². The third-order valence-electron chi connectivity index (χ3n) is 9.96. The summed E-state index contributed by atoms with van der Waals surface area (Å²) in [6, 6.07) is 18.9. The van der Waals surface area contributed by atoms with Gasteiger partial charge in [-0.1, -0.05) is 26.1 Å². The molecule has 0 aliphatic heterocycles. The van der Waals surface area contributed by atoms with Crippen molar-refractivity contribution in [3.05, 3.63) is 114 Å². The van der Waals surface area contributed by atoms with E-state index in [0.717, 1.165) is 81.9 Å². The highest BCUT2D eigenvalue weighted by molar-refractivity contribution is 5.93. The minimum atomic E-state index is -0.584. The summed E-state index contributed by atoms with van der Waals surface area (Å²) in [6.45, 7) is 10.7. The fraction of sp³-hybridized carbons (Fsp3) is 0.413. The zero-order valence-electron chi connectivity index (χ0n) is 32.9. The maximum Gasteiger partial charge on any atom is 0.343 e. The highest BCUT2D eigenvalue weighted by Crippen LogP contribution is 2.41. The van der Waals surface area contributed by atoms with Gasteiger partial charge in [0.25, 0.3) is 0 Å². The summed E-state index contributed by atoms with van der Waals surface area (Å²) >= 11 is 0. The first-order valence-corrected chi connectivity index (χ1v) is 19.7. The second kappa shape index (κ2) is 23.4. The molecule has 1 fully saturated rings. The van der Waals surface area contributed by atoms with E-state index in [1.54, 1.807) is 60.7 Å². The fourth-order valence-corrected chi connectivity index (χ4v) is 6.46. The van der Waals surface area contributed by atoms with Crippen LogP contribution < -0.4 is 14.2 Å². The second-order valence-electron chi connectivity index (χ2n) is 14.2. The quantitative estimate of drug-likeness (QED) is 0.0215. The summed E-state index contributed by atoms with van der Waals surface area (Å²) in [5.74, 6) is -0.286. The molecule has 1 aliphatic carbocycles. The smallest absolute Gasteiger partial charge is 0.343 e. The Kier molecular flexibility index (Phi) is 18.1. The van der Waals surface area contributed by atoms with Crippen molar-refractivity contribution in [2.45, 2.75) is 95.5 Å². The number of carbonyl (C=O) groups excluding carboxylic acids is 5. The normalized spacial score (nSPS) is 16.1. The molecule has 4 rings (SSSR count). The fourth-order valence-electron chi connectivity index (χ4n) is 6.46. The van der Waals surface area contributed by atoms with Gasteiger partial charge >= 0.3 is 23.9 Å². The van der Waals surface area contributed by atoms with Crippen molar-refractivity contribution in [2.75, 3.05) is 26.4 Å². The maximum atomic E-state index is 13.0. The van der Waals surface area contributed by atoms with E-state index < -0.39 is 17.9 Å². The Morgan fingerprint density at radius 3 is 1.60 bits per heavy atom. The first kappa shape index (κ1) is 44.0. The molecule has 1 saturated carbocycles. The van der Waals surface area contributed by atoms with Gasteiger partial charge in [-0.2, -0.15) is 0 Å². The Morgan fingerprint density at radius 2 is 1.12 bits per heavy atom. The van der Waals surface area contributed by atoms with E-state index in [4.69, 9.17) is 28.4 Å². The molecule has 0 amide bonds. The van der Waals surface area contributed by atoms with Crippen LogP contribution in [0, 0.1) is 0 Å². The van der Waals surface area contributed by atoms with Crippen molar-refractivity contribution in [3.8, 4) is 17.2 Å². The molecule has 0 heterocycles. The number of hydrogen-bond donors (Lipinski definition) is 0. The van der Waals surface area contributed by atoms with E-state index >= 15 is 0 Å². The highest BCUT2D eigenvalue weighted by Gasteiger charge is 2.35. The molecule has 0 atom stereocenters. The number of benzene rings is 3. The first-order valence-electron chi connectivity index (χ1n) is 19.7. The maximum absolute atomic E-state index is 13.0. The molecule has 11 nitrogen and oxygen atoms in total. The van der Waals surface area contributed by atoms with Crippen molar-refractivity contribution in [2.24, 2.45) is 0 Å². The topological polar surface area (TPSA) is 141 Å². The van der Waals surface area contributed by atoms with Gasteiger partial charge in [-0.3, -0.25) is 4.79 Å². The third-order valence-corrected chi connectivity index (χ3v) is 9.96. The molecule has 0 spiro atoms. The minimum absolute atomic E-state index is 0.182. The van der Waals surface area contributed by atoms with Gasteiger partial charge in [0.1, 0.15) is 23.4 Å². The molecule has 57 heavy (non-hydrogen) atoms. The largest absolute Gasteiger partial charge is 0.494 e. The van der Waals surface area contributed by atoms with Crippen molar-refractivity contribution in [3.63, 3.8) is 0 Å². The second-order valence-corrected chi connectivity index (χ2v) is 14.2. The number of ether oxygens (including phenoxy) is 6. The molecule has 0 saturated heterocycles. The van der Waals surface area contributed by atoms with Gasteiger partial charge in [0, 0.05) is 12.2 Å². The SMILES string of the molecule is C=CC(=O)OCCCCCCOc1ccc(C(=O)Oc2ccc(C3(C)CCC(OC(=O)c4ccc(OCCCCCCOC(=O)C=C)cc4)CC3)cc2C=O)cc1. The lowest BCUT2D eigenvalue weighted by Crippen LogP contribution is -2.33. The third kappa shape index (κ3) is 14.7. The van der Waals surface area contributed by atoms with E-state index in [0.29, 0.717) is 68.2 Å². The van der Waals surface area contributed by atoms with Gasteiger partial charge in [0.15, 0.2) is 6.29 Å². The molecule has 0 unspecified atom stereocenters. The summed E-state index contributed by atoms with van der Waals surface area (Å²) < 4.78 is 33.0. The Hall–Kier alpha value is -5.71. The van der Waals surface area contributed by atoms with Gasteiger partial charge in [-0.25, -0.2) is 19.2 Å². The predicted octanol–water partition coefficient (Wildman–Crippen LogP) is 9.11. The molecular weight excluding hydrogens is 728 g/mol. The summed E-state index contributed by atoms with van der Waals surface area (Å²) in [4.78, 5) is 60.2. The lowest BCUT2D eigenvalue weighted by atomic mass is 9.70. The summed E-state index contributed by atoms with van der Waals surface area (Å²) in [5.41, 5.74) is 1.77. The predicted molar refractivity (Wildman–Crippen MR) is 215 cm³/mol. The van der Waals surface area contributed by atoms with Gasteiger partial charge in [-0.15, -0.1) is 0 Å². The lowest BCUT2D eigenvalue weighted by Gasteiger charge is -2.37. The summed E-state index contributed by atoms with van der Waals surface area (Å²) in [5, 5.41) is 0. The first-order chi connectivity index (χ1) is 27.6. The van der Waals surface area contributed by atoms with Crippen LogP contribution in [0.5, 0.6) is 17.2 Å². The molecule has 0 radical (unpaired) electrons. The van der Waals surface area contributed by atoms with Crippen LogP contribution in [-0.2, 0) is 29.2 Å². The van der Waals surface area contributed by atoms with Crippen molar-refractivity contribution < 1.29 is 52.4 Å². The number of carbonyl (C=O) groups is 5. The minimum Gasteiger partial charge on any atom is -0.494 e. The van der Waals surface area contributed by atoms with E-state index in [-0.39, 0.29) is 28.8 Å². The van der Waals surface area contributed by atoms with Gasteiger partial charge < -0.3 is 28.4 Å². The Morgan fingerprint density at radius 1 is 0.649 bits per heavy atom. The van der Waals surface area contributed by atoms with Gasteiger partial charge in [-0.05, 0) is 149 Å². The number of rotatable bonds is 24. The summed E-state index contributed by atoms with van der Waals surface area (Å²) in [7, 11) is 0. The Labute approximate surface area is 335 Å². The average Bonchev–Trinajstić information content (AvgIpc) is 3.23. The number of esters is 4. The number of hydrogen-bond acceptors (Lipinski definition) is 11. The molecular formula is C46H54O11. The van der Waals surface area contributed by atoms with Gasteiger partial charge in [0.2, 0.25) is 0 Å². The summed E-state index contributed by atoms with van der Waals surface area (Å²) in [6.07, 6.45) is 12.6. The standard InChI is InChI=1S/C46H54O11/c1-4-42(48)54-30-12-8-6-10-28-52-38-19-14-34(15-20-38)44(50)56-40-24-26-46(3,27-25-40)37-18-23-41(36(32-37)33-47)57-45(51)35-16-21-39(22-17-35)53-29-11-7-9-13-31-55-43(49)5-2/h4-5,14-23,32-33,40H,1-2,6-13,24-31H2,3H3. The van der Waals surface area contributed by atoms with Crippen LogP contribution in [0.3, 0.4) is 0 Å².